The molecule has 2 aromatic carbocycles. The monoisotopic (exact) mass is 397 g/mol. The molecule has 3 amide bonds. The van der Waals surface area contributed by atoms with E-state index in [0.717, 1.165) is 6.07 Å². The Balaban J connectivity index is 1.44. The Morgan fingerprint density at radius 2 is 1.52 bits per heavy atom. The van der Waals surface area contributed by atoms with Gasteiger partial charge in [-0.25, -0.2) is 0 Å². The molecule has 29 heavy (non-hydrogen) atoms. The van der Waals surface area contributed by atoms with Gasteiger partial charge in [-0.05, 0) is 37.1 Å². The number of aromatic hydroxyl groups is 2. The van der Waals surface area contributed by atoms with Crippen LogP contribution in [0.5, 0.6) is 11.5 Å². The first-order valence-electron chi connectivity index (χ1n) is 9.37. The largest absolute Gasteiger partial charge is 0.508 e. The number of piperidine rings is 1. The second-order valence-electron chi connectivity index (χ2n) is 6.92. The van der Waals surface area contributed by atoms with E-state index in [1.807, 2.05) is 6.07 Å². The first-order valence-corrected chi connectivity index (χ1v) is 9.37. The van der Waals surface area contributed by atoms with Gasteiger partial charge in [-0.2, -0.15) is 0 Å². The molecule has 0 aliphatic carbocycles. The predicted molar refractivity (Wildman–Crippen MR) is 106 cm³/mol. The SMILES string of the molecule is O=C(NCC(=O)N1CCC(NC(=O)c2cc(O)cc(O)c2)CC1)c1ccccc1. The Hall–Kier alpha value is -3.55. The molecule has 0 aromatic heterocycles. The number of nitrogens with one attached hydrogen (secondary N) is 2. The third kappa shape index (κ3) is 5.47. The molecule has 1 aliphatic rings. The average Bonchev–Trinajstić information content (AvgIpc) is 2.72. The van der Waals surface area contributed by atoms with E-state index in [1.54, 1.807) is 29.2 Å². The van der Waals surface area contributed by atoms with E-state index in [0.29, 0.717) is 31.5 Å². The van der Waals surface area contributed by atoms with E-state index in [1.165, 1.54) is 12.1 Å². The Labute approximate surface area is 168 Å². The van der Waals surface area contributed by atoms with Crippen LogP contribution < -0.4 is 10.6 Å². The quantitative estimate of drug-likeness (QED) is 0.605. The molecule has 2 aromatic rings. The molecule has 3 rings (SSSR count). The van der Waals surface area contributed by atoms with Gasteiger partial charge in [0.25, 0.3) is 11.8 Å². The van der Waals surface area contributed by atoms with Gasteiger partial charge in [0.1, 0.15) is 11.5 Å². The summed E-state index contributed by atoms with van der Waals surface area (Å²) in [5.41, 5.74) is 0.671. The number of rotatable bonds is 5. The molecule has 1 aliphatic heterocycles. The first-order chi connectivity index (χ1) is 13.9. The molecule has 0 spiro atoms. The number of hydrogen-bond donors (Lipinski definition) is 4. The number of phenols is 2. The van der Waals surface area contributed by atoms with E-state index < -0.39 is 5.91 Å². The van der Waals surface area contributed by atoms with E-state index in [4.69, 9.17) is 0 Å². The van der Waals surface area contributed by atoms with Gasteiger partial charge >= 0.3 is 0 Å². The second kappa shape index (κ2) is 9.09. The summed E-state index contributed by atoms with van der Waals surface area (Å²) in [5.74, 6) is -1.23. The van der Waals surface area contributed by atoms with Crippen molar-refractivity contribution in [1.29, 1.82) is 0 Å². The van der Waals surface area contributed by atoms with E-state index in [9.17, 15) is 24.6 Å². The van der Waals surface area contributed by atoms with Crippen LogP contribution in [0.25, 0.3) is 0 Å². The van der Waals surface area contributed by atoms with Crippen molar-refractivity contribution in [3.63, 3.8) is 0 Å². The number of hydrogen-bond acceptors (Lipinski definition) is 5. The van der Waals surface area contributed by atoms with Crippen molar-refractivity contribution in [2.75, 3.05) is 19.6 Å². The summed E-state index contributed by atoms with van der Waals surface area (Å²) < 4.78 is 0. The Bertz CT molecular complexity index is 872. The molecule has 0 radical (unpaired) electrons. The van der Waals surface area contributed by atoms with Gasteiger partial charge in [0.2, 0.25) is 5.91 Å². The first kappa shape index (κ1) is 20.2. The molecule has 8 nitrogen and oxygen atoms in total. The van der Waals surface area contributed by atoms with Gasteiger partial charge in [-0.1, -0.05) is 18.2 Å². The highest BCUT2D eigenvalue weighted by molar-refractivity contribution is 5.96. The molecular formula is C21H23N3O5. The van der Waals surface area contributed by atoms with Crippen molar-refractivity contribution in [3.8, 4) is 11.5 Å². The molecule has 1 heterocycles. The number of carbonyl (C=O) groups is 3. The minimum absolute atomic E-state index is 0.0761. The maximum Gasteiger partial charge on any atom is 0.251 e. The number of phenolic OH excluding ortho intramolecular Hbond substituents is 2. The Kier molecular flexibility index (Phi) is 6.33. The molecular weight excluding hydrogens is 374 g/mol. The fourth-order valence-electron chi connectivity index (χ4n) is 3.23. The summed E-state index contributed by atoms with van der Waals surface area (Å²) in [6.07, 6.45) is 1.16. The van der Waals surface area contributed by atoms with E-state index in [-0.39, 0.29) is 41.5 Å². The highest BCUT2D eigenvalue weighted by Crippen LogP contribution is 2.21. The molecule has 1 saturated heterocycles. The van der Waals surface area contributed by atoms with Crippen LogP contribution in [0, 0.1) is 0 Å². The lowest BCUT2D eigenvalue weighted by molar-refractivity contribution is -0.131. The predicted octanol–water partition coefficient (Wildman–Crippen LogP) is 1.25. The van der Waals surface area contributed by atoms with Crippen LogP contribution in [-0.2, 0) is 4.79 Å². The second-order valence-corrected chi connectivity index (χ2v) is 6.92. The van der Waals surface area contributed by atoms with Gasteiger partial charge < -0.3 is 25.7 Å². The lowest BCUT2D eigenvalue weighted by Gasteiger charge is -2.32. The summed E-state index contributed by atoms with van der Waals surface area (Å²) in [7, 11) is 0. The molecule has 0 saturated carbocycles. The van der Waals surface area contributed by atoms with Crippen molar-refractivity contribution in [2.24, 2.45) is 0 Å². The van der Waals surface area contributed by atoms with Crippen LogP contribution in [-0.4, -0.2) is 58.5 Å². The van der Waals surface area contributed by atoms with Crippen molar-refractivity contribution in [3.05, 3.63) is 59.7 Å². The Morgan fingerprint density at radius 3 is 2.14 bits per heavy atom. The highest BCUT2D eigenvalue weighted by Gasteiger charge is 2.24. The topological polar surface area (TPSA) is 119 Å². The van der Waals surface area contributed by atoms with Crippen molar-refractivity contribution >= 4 is 17.7 Å². The summed E-state index contributed by atoms with van der Waals surface area (Å²) in [6.45, 7) is 0.861. The number of carbonyl (C=O) groups excluding carboxylic acids is 3. The Morgan fingerprint density at radius 1 is 0.897 bits per heavy atom. The number of likely N-dealkylation sites (tertiary alicyclic amines) is 1. The van der Waals surface area contributed by atoms with E-state index >= 15 is 0 Å². The third-order valence-electron chi connectivity index (χ3n) is 4.78. The fraction of sp³-hybridized carbons (Fsp3) is 0.286. The zero-order chi connectivity index (χ0) is 20.8. The van der Waals surface area contributed by atoms with Gasteiger partial charge in [-0.15, -0.1) is 0 Å². The van der Waals surface area contributed by atoms with Crippen LogP contribution in [0.2, 0.25) is 0 Å². The molecule has 0 atom stereocenters. The van der Waals surface area contributed by atoms with Crippen LogP contribution in [0.3, 0.4) is 0 Å². The lowest BCUT2D eigenvalue weighted by atomic mass is 10.0. The zero-order valence-corrected chi connectivity index (χ0v) is 15.8. The van der Waals surface area contributed by atoms with Crippen molar-refractivity contribution in [2.45, 2.75) is 18.9 Å². The lowest BCUT2D eigenvalue weighted by Crippen LogP contribution is -2.49. The van der Waals surface area contributed by atoms with Crippen LogP contribution in [0.15, 0.2) is 48.5 Å². The van der Waals surface area contributed by atoms with Gasteiger partial charge in [0, 0.05) is 36.3 Å². The number of nitrogens with zero attached hydrogens (tertiary/aromatic N) is 1. The molecule has 152 valence electrons. The maximum atomic E-state index is 12.3. The summed E-state index contributed by atoms with van der Waals surface area (Å²) in [6, 6.07) is 12.3. The average molecular weight is 397 g/mol. The standard InChI is InChI=1S/C21H23N3O5/c25-17-10-15(11-18(26)12-17)21(29)23-16-6-8-24(9-7-16)19(27)13-22-20(28)14-4-2-1-3-5-14/h1-5,10-12,16,25-26H,6-9,13H2,(H,22,28)(H,23,29). The van der Waals surface area contributed by atoms with E-state index in [2.05, 4.69) is 10.6 Å². The van der Waals surface area contributed by atoms with Gasteiger partial charge in [-0.3, -0.25) is 14.4 Å². The summed E-state index contributed by atoms with van der Waals surface area (Å²) in [4.78, 5) is 38.3. The minimum atomic E-state index is -0.392. The van der Waals surface area contributed by atoms with Gasteiger partial charge in [0.15, 0.2) is 0 Å². The molecule has 8 heteroatoms. The zero-order valence-electron chi connectivity index (χ0n) is 15.8. The van der Waals surface area contributed by atoms with Crippen LogP contribution >= 0.6 is 0 Å². The van der Waals surface area contributed by atoms with Gasteiger partial charge in [0.05, 0.1) is 6.54 Å². The third-order valence-corrected chi connectivity index (χ3v) is 4.78. The number of benzene rings is 2. The normalized spacial score (nSPS) is 14.3. The van der Waals surface area contributed by atoms with Crippen LogP contribution in [0.1, 0.15) is 33.6 Å². The molecule has 4 N–H and O–H groups in total. The van der Waals surface area contributed by atoms with Crippen molar-refractivity contribution < 1.29 is 24.6 Å². The van der Waals surface area contributed by atoms with Crippen molar-refractivity contribution in [1.82, 2.24) is 15.5 Å². The highest BCUT2D eigenvalue weighted by atomic mass is 16.3. The molecule has 0 unspecified atom stereocenters. The fourth-order valence-corrected chi connectivity index (χ4v) is 3.23. The number of amides is 3. The molecule has 0 bridgehead atoms. The molecule has 1 fully saturated rings. The minimum Gasteiger partial charge on any atom is -0.508 e. The summed E-state index contributed by atoms with van der Waals surface area (Å²) in [5, 5.41) is 24.5. The maximum absolute atomic E-state index is 12.3. The smallest absolute Gasteiger partial charge is 0.251 e. The van der Waals surface area contributed by atoms with Crippen LogP contribution in [0.4, 0.5) is 0 Å². The summed E-state index contributed by atoms with van der Waals surface area (Å²) >= 11 is 0.